The second-order valence-corrected chi connectivity index (χ2v) is 7.73. The van der Waals surface area contributed by atoms with Crippen LogP contribution in [-0.2, 0) is 0 Å². The number of anilines is 1. The van der Waals surface area contributed by atoms with Gasteiger partial charge in [0.2, 0.25) is 0 Å². The standard InChI is InChI=1S/C20H18Cl2N6O/c1-27(19-15-4-7-24-18(15)25-11-26-19)13-5-8-28(9-6-13)20(29)14-3-2-12(10-23)16(21)17(14)22/h2-4,7,11,13H,5-6,8-9H2,1H3,(H,24,25,26). The summed E-state index contributed by atoms with van der Waals surface area (Å²) >= 11 is 12.3. The molecule has 3 aromatic rings. The summed E-state index contributed by atoms with van der Waals surface area (Å²) in [7, 11) is 2.02. The number of fused-ring (bicyclic) bond motifs is 1. The molecular weight excluding hydrogens is 411 g/mol. The van der Waals surface area contributed by atoms with Gasteiger partial charge in [-0.3, -0.25) is 4.79 Å². The van der Waals surface area contributed by atoms with Crippen LogP contribution >= 0.6 is 23.2 Å². The van der Waals surface area contributed by atoms with Crippen molar-refractivity contribution in [3.8, 4) is 6.07 Å². The van der Waals surface area contributed by atoms with E-state index in [0.717, 1.165) is 29.7 Å². The molecule has 1 fully saturated rings. The van der Waals surface area contributed by atoms with E-state index in [4.69, 9.17) is 28.5 Å². The number of aromatic nitrogens is 3. The Morgan fingerprint density at radius 2 is 2.00 bits per heavy atom. The van der Waals surface area contributed by atoms with Gasteiger partial charge in [-0.1, -0.05) is 23.2 Å². The Morgan fingerprint density at radius 1 is 1.24 bits per heavy atom. The number of likely N-dealkylation sites (tertiary alicyclic amines) is 1. The zero-order chi connectivity index (χ0) is 20.5. The lowest BCUT2D eigenvalue weighted by atomic mass is 10.0. The Balaban J connectivity index is 1.47. The molecule has 0 spiro atoms. The lowest BCUT2D eigenvalue weighted by Crippen LogP contribution is -2.46. The molecule has 1 amide bonds. The number of benzene rings is 1. The van der Waals surface area contributed by atoms with Gasteiger partial charge in [-0.2, -0.15) is 5.26 Å². The SMILES string of the molecule is CN(c1ncnc2[nH]ccc12)C1CCN(C(=O)c2ccc(C#N)c(Cl)c2Cl)CC1. The van der Waals surface area contributed by atoms with Crippen molar-refractivity contribution < 1.29 is 4.79 Å². The number of nitrogens with one attached hydrogen (secondary N) is 1. The average molecular weight is 429 g/mol. The van der Waals surface area contributed by atoms with E-state index in [9.17, 15) is 4.79 Å². The number of nitriles is 1. The fourth-order valence-electron chi connectivity index (χ4n) is 3.74. The van der Waals surface area contributed by atoms with E-state index in [2.05, 4.69) is 19.9 Å². The summed E-state index contributed by atoms with van der Waals surface area (Å²) in [6.07, 6.45) is 5.02. The van der Waals surface area contributed by atoms with Crippen molar-refractivity contribution in [1.29, 1.82) is 5.26 Å². The van der Waals surface area contributed by atoms with Gasteiger partial charge >= 0.3 is 0 Å². The van der Waals surface area contributed by atoms with Crippen molar-refractivity contribution in [2.24, 2.45) is 0 Å². The molecule has 1 aliphatic rings. The van der Waals surface area contributed by atoms with Crippen LogP contribution < -0.4 is 4.90 Å². The maximum atomic E-state index is 12.9. The molecule has 1 aliphatic heterocycles. The molecule has 4 rings (SSSR count). The van der Waals surface area contributed by atoms with E-state index < -0.39 is 0 Å². The van der Waals surface area contributed by atoms with E-state index in [0.29, 0.717) is 18.7 Å². The minimum Gasteiger partial charge on any atom is -0.356 e. The molecule has 9 heteroatoms. The van der Waals surface area contributed by atoms with Crippen LogP contribution in [0.25, 0.3) is 11.0 Å². The molecule has 3 heterocycles. The van der Waals surface area contributed by atoms with Crippen LogP contribution in [-0.4, -0.2) is 51.9 Å². The van der Waals surface area contributed by atoms with Crippen LogP contribution in [0.15, 0.2) is 30.7 Å². The first kappa shape index (κ1) is 19.5. The van der Waals surface area contributed by atoms with Gasteiger partial charge in [0.1, 0.15) is 23.9 Å². The molecule has 1 saturated heterocycles. The number of halogens is 2. The van der Waals surface area contributed by atoms with Crippen LogP contribution in [0.1, 0.15) is 28.8 Å². The van der Waals surface area contributed by atoms with Gasteiger partial charge in [-0.25, -0.2) is 9.97 Å². The fourth-order valence-corrected chi connectivity index (χ4v) is 4.19. The summed E-state index contributed by atoms with van der Waals surface area (Å²) in [4.78, 5) is 28.6. The highest BCUT2D eigenvalue weighted by atomic mass is 35.5. The molecule has 7 nitrogen and oxygen atoms in total. The van der Waals surface area contributed by atoms with Gasteiger partial charge in [0, 0.05) is 32.4 Å². The van der Waals surface area contributed by atoms with Crippen LogP contribution in [0.2, 0.25) is 10.0 Å². The Labute approximate surface area is 177 Å². The largest absolute Gasteiger partial charge is 0.356 e. The zero-order valence-electron chi connectivity index (χ0n) is 15.7. The summed E-state index contributed by atoms with van der Waals surface area (Å²) in [6, 6.07) is 7.29. The highest BCUT2D eigenvalue weighted by Crippen LogP contribution is 2.31. The van der Waals surface area contributed by atoms with E-state index >= 15 is 0 Å². The van der Waals surface area contributed by atoms with E-state index in [-0.39, 0.29) is 27.6 Å². The van der Waals surface area contributed by atoms with E-state index in [1.54, 1.807) is 17.3 Å². The van der Waals surface area contributed by atoms with Crippen molar-refractivity contribution >= 4 is 46.0 Å². The summed E-state index contributed by atoms with van der Waals surface area (Å²) in [6.45, 7) is 1.20. The number of rotatable bonds is 3. The molecule has 0 aliphatic carbocycles. The number of carbonyl (C=O) groups excluding carboxylic acids is 1. The molecule has 2 aromatic heterocycles. The first-order valence-electron chi connectivity index (χ1n) is 9.19. The lowest BCUT2D eigenvalue weighted by Gasteiger charge is -2.37. The third-order valence-corrected chi connectivity index (χ3v) is 6.28. The zero-order valence-corrected chi connectivity index (χ0v) is 17.2. The molecule has 29 heavy (non-hydrogen) atoms. The minimum absolute atomic E-state index is 0.119. The summed E-state index contributed by atoms with van der Waals surface area (Å²) in [5.74, 6) is 0.709. The lowest BCUT2D eigenvalue weighted by molar-refractivity contribution is 0.0713. The fraction of sp³-hybridized carbons (Fsp3) is 0.300. The second-order valence-electron chi connectivity index (χ2n) is 6.97. The van der Waals surface area contributed by atoms with Crippen LogP contribution in [0.3, 0.4) is 0 Å². The van der Waals surface area contributed by atoms with Crippen molar-refractivity contribution in [3.05, 3.63) is 51.9 Å². The molecule has 0 atom stereocenters. The highest BCUT2D eigenvalue weighted by Gasteiger charge is 2.28. The third kappa shape index (κ3) is 3.50. The van der Waals surface area contributed by atoms with Crippen molar-refractivity contribution in [1.82, 2.24) is 19.9 Å². The maximum Gasteiger partial charge on any atom is 0.255 e. The Kier molecular flexibility index (Phi) is 5.31. The van der Waals surface area contributed by atoms with Crippen LogP contribution in [0.5, 0.6) is 0 Å². The summed E-state index contributed by atoms with van der Waals surface area (Å²) in [5.41, 5.74) is 1.39. The third-order valence-electron chi connectivity index (χ3n) is 5.40. The van der Waals surface area contributed by atoms with Gasteiger partial charge in [0.05, 0.1) is 26.6 Å². The monoisotopic (exact) mass is 428 g/mol. The molecule has 1 aromatic carbocycles. The number of amides is 1. The molecule has 0 radical (unpaired) electrons. The predicted molar refractivity (Wildman–Crippen MR) is 112 cm³/mol. The molecule has 0 bridgehead atoms. The average Bonchev–Trinajstić information content (AvgIpc) is 3.24. The quantitative estimate of drug-likeness (QED) is 0.683. The van der Waals surface area contributed by atoms with E-state index in [1.165, 1.54) is 6.07 Å². The van der Waals surface area contributed by atoms with Crippen molar-refractivity contribution in [2.45, 2.75) is 18.9 Å². The van der Waals surface area contributed by atoms with Gasteiger partial charge in [-0.15, -0.1) is 0 Å². The van der Waals surface area contributed by atoms with Gasteiger partial charge in [-0.05, 0) is 31.0 Å². The van der Waals surface area contributed by atoms with Crippen LogP contribution in [0, 0.1) is 11.3 Å². The number of hydrogen-bond donors (Lipinski definition) is 1. The predicted octanol–water partition coefficient (Wildman–Crippen LogP) is 3.88. The number of hydrogen-bond acceptors (Lipinski definition) is 5. The summed E-state index contributed by atoms with van der Waals surface area (Å²) in [5, 5.41) is 10.3. The highest BCUT2D eigenvalue weighted by molar-refractivity contribution is 6.44. The van der Waals surface area contributed by atoms with Crippen LogP contribution in [0.4, 0.5) is 5.82 Å². The van der Waals surface area contributed by atoms with Gasteiger partial charge < -0.3 is 14.8 Å². The Morgan fingerprint density at radius 3 is 2.72 bits per heavy atom. The number of carbonyl (C=O) groups is 1. The number of H-pyrrole nitrogens is 1. The molecular formula is C20H18Cl2N6O. The van der Waals surface area contributed by atoms with Gasteiger partial charge in [0.25, 0.3) is 5.91 Å². The normalized spacial score (nSPS) is 14.8. The molecule has 0 unspecified atom stereocenters. The minimum atomic E-state index is -0.169. The maximum absolute atomic E-state index is 12.9. The molecule has 0 saturated carbocycles. The Bertz CT molecular complexity index is 1110. The first-order valence-corrected chi connectivity index (χ1v) is 9.95. The topological polar surface area (TPSA) is 88.9 Å². The number of nitrogens with zero attached hydrogens (tertiary/aromatic N) is 5. The summed E-state index contributed by atoms with van der Waals surface area (Å²) < 4.78 is 0. The molecule has 1 N–H and O–H groups in total. The number of aromatic amines is 1. The molecule has 148 valence electrons. The van der Waals surface area contributed by atoms with Crippen molar-refractivity contribution in [3.63, 3.8) is 0 Å². The Hall–Kier alpha value is -2.82. The first-order chi connectivity index (χ1) is 14.0. The van der Waals surface area contributed by atoms with Crippen molar-refractivity contribution in [2.75, 3.05) is 25.0 Å². The number of piperidine rings is 1. The van der Waals surface area contributed by atoms with E-state index in [1.807, 2.05) is 25.4 Å². The second kappa shape index (κ2) is 7.90. The smallest absolute Gasteiger partial charge is 0.255 e. The van der Waals surface area contributed by atoms with Gasteiger partial charge in [0.15, 0.2) is 0 Å².